The first-order chi connectivity index (χ1) is 9.60. The Morgan fingerprint density at radius 2 is 2.25 bits per heavy atom. The fourth-order valence-electron chi connectivity index (χ4n) is 2.15. The van der Waals surface area contributed by atoms with E-state index < -0.39 is 5.60 Å². The molecule has 0 spiro atoms. The number of nitrogens with zero attached hydrogens (tertiary/aromatic N) is 1. The van der Waals surface area contributed by atoms with Crippen molar-refractivity contribution in [3.63, 3.8) is 0 Å². The van der Waals surface area contributed by atoms with E-state index in [4.69, 9.17) is 9.47 Å². The molecule has 0 aromatic carbocycles. The predicted octanol–water partition coefficient (Wildman–Crippen LogP) is 2.62. The largest absolute Gasteiger partial charge is 0.481 e. The number of carbonyl (C=O) groups is 1. The van der Waals surface area contributed by atoms with E-state index in [0.29, 0.717) is 24.1 Å². The van der Waals surface area contributed by atoms with Gasteiger partial charge in [0.25, 0.3) is 5.91 Å². The molecule has 110 valence electrons. The van der Waals surface area contributed by atoms with Crippen LogP contribution in [0.3, 0.4) is 0 Å². The maximum absolute atomic E-state index is 12.5. The highest BCUT2D eigenvalue weighted by atomic mass is 16.5. The molecule has 1 saturated carbocycles. The van der Waals surface area contributed by atoms with E-state index >= 15 is 0 Å². The molecular formula is C15H22N2O3. The van der Waals surface area contributed by atoms with Crippen LogP contribution in [0, 0.1) is 5.92 Å². The van der Waals surface area contributed by atoms with Crippen molar-refractivity contribution in [2.75, 3.05) is 19.0 Å². The third-order valence-corrected chi connectivity index (χ3v) is 3.62. The van der Waals surface area contributed by atoms with Crippen LogP contribution in [0.5, 0.6) is 5.88 Å². The van der Waals surface area contributed by atoms with Gasteiger partial charge < -0.3 is 14.8 Å². The summed E-state index contributed by atoms with van der Waals surface area (Å²) in [6, 6.07) is 3.49. The molecule has 1 fully saturated rings. The monoisotopic (exact) mass is 278 g/mol. The SMILES string of the molecule is CCCO[C@](C)(C(=O)Nc1ccc(OC)nc1)C1CC1. The van der Waals surface area contributed by atoms with Crippen LogP contribution in [-0.4, -0.2) is 30.2 Å². The summed E-state index contributed by atoms with van der Waals surface area (Å²) in [6.45, 7) is 4.52. The van der Waals surface area contributed by atoms with Gasteiger partial charge in [0.2, 0.25) is 5.88 Å². The highest BCUT2D eigenvalue weighted by molar-refractivity contribution is 5.97. The summed E-state index contributed by atoms with van der Waals surface area (Å²) in [5.41, 5.74) is -0.0848. The lowest BCUT2D eigenvalue weighted by molar-refractivity contribution is -0.142. The van der Waals surface area contributed by atoms with E-state index in [1.807, 2.05) is 13.8 Å². The molecule has 1 heterocycles. The molecule has 2 rings (SSSR count). The second-order valence-electron chi connectivity index (χ2n) is 5.27. The highest BCUT2D eigenvalue weighted by Gasteiger charge is 2.48. The Balaban J connectivity index is 2.03. The van der Waals surface area contributed by atoms with E-state index in [1.54, 1.807) is 25.4 Å². The number of nitrogens with one attached hydrogen (secondary N) is 1. The molecule has 0 bridgehead atoms. The third-order valence-electron chi connectivity index (χ3n) is 3.62. The molecule has 1 aliphatic carbocycles. The Bertz CT molecular complexity index is 457. The zero-order chi connectivity index (χ0) is 14.6. The topological polar surface area (TPSA) is 60.5 Å². The first-order valence-electron chi connectivity index (χ1n) is 7.05. The summed E-state index contributed by atoms with van der Waals surface area (Å²) < 4.78 is 10.8. The lowest BCUT2D eigenvalue weighted by atomic mass is 9.99. The van der Waals surface area contributed by atoms with Crippen LogP contribution in [-0.2, 0) is 9.53 Å². The molecule has 1 N–H and O–H groups in total. The second-order valence-corrected chi connectivity index (χ2v) is 5.27. The molecule has 5 nitrogen and oxygen atoms in total. The van der Waals surface area contributed by atoms with Crippen LogP contribution in [0.1, 0.15) is 33.1 Å². The fraction of sp³-hybridized carbons (Fsp3) is 0.600. The van der Waals surface area contributed by atoms with Gasteiger partial charge in [0.15, 0.2) is 0 Å². The first kappa shape index (κ1) is 14.8. The van der Waals surface area contributed by atoms with Crippen LogP contribution in [0.2, 0.25) is 0 Å². The number of amides is 1. The van der Waals surface area contributed by atoms with Crippen molar-refractivity contribution in [2.45, 2.75) is 38.7 Å². The van der Waals surface area contributed by atoms with Crippen LogP contribution in [0.25, 0.3) is 0 Å². The van der Waals surface area contributed by atoms with Crippen molar-refractivity contribution in [1.29, 1.82) is 0 Å². The standard InChI is InChI=1S/C15H22N2O3/c1-4-9-20-15(2,11-5-6-11)14(18)17-12-7-8-13(19-3)16-10-12/h7-8,10-11H,4-6,9H2,1-3H3,(H,17,18)/t15-/m0/s1. The number of pyridine rings is 1. The van der Waals surface area contributed by atoms with Crippen molar-refractivity contribution >= 4 is 11.6 Å². The summed E-state index contributed by atoms with van der Waals surface area (Å²) >= 11 is 0. The number of carbonyl (C=O) groups excluding carboxylic acids is 1. The van der Waals surface area contributed by atoms with Gasteiger partial charge in [-0.05, 0) is 38.2 Å². The number of rotatable bonds is 7. The van der Waals surface area contributed by atoms with Gasteiger partial charge in [-0.2, -0.15) is 0 Å². The Labute approximate surface area is 119 Å². The average molecular weight is 278 g/mol. The number of aromatic nitrogens is 1. The van der Waals surface area contributed by atoms with E-state index in [0.717, 1.165) is 19.3 Å². The zero-order valence-corrected chi connectivity index (χ0v) is 12.3. The Hall–Kier alpha value is -1.62. The lowest BCUT2D eigenvalue weighted by Crippen LogP contribution is -2.45. The van der Waals surface area contributed by atoms with Gasteiger partial charge in [-0.1, -0.05) is 6.92 Å². The van der Waals surface area contributed by atoms with Gasteiger partial charge in [0, 0.05) is 12.7 Å². The molecule has 1 atom stereocenters. The second kappa shape index (κ2) is 6.22. The lowest BCUT2D eigenvalue weighted by Gasteiger charge is -2.28. The summed E-state index contributed by atoms with van der Waals surface area (Å²) in [5.74, 6) is 0.746. The molecule has 1 aromatic heterocycles. The average Bonchev–Trinajstić information content (AvgIpc) is 3.30. The van der Waals surface area contributed by atoms with Gasteiger partial charge in [-0.15, -0.1) is 0 Å². The molecule has 5 heteroatoms. The molecule has 20 heavy (non-hydrogen) atoms. The van der Waals surface area contributed by atoms with Crippen LogP contribution in [0.4, 0.5) is 5.69 Å². The van der Waals surface area contributed by atoms with Gasteiger partial charge in [-0.3, -0.25) is 4.79 Å². The van der Waals surface area contributed by atoms with Crippen molar-refractivity contribution in [1.82, 2.24) is 4.98 Å². The number of ether oxygens (including phenoxy) is 2. The van der Waals surface area contributed by atoms with Crippen LogP contribution >= 0.6 is 0 Å². The molecule has 1 aliphatic rings. The normalized spacial score (nSPS) is 17.4. The number of hydrogen-bond acceptors (Lipinski definition) is 4. The van der Waals surface area contributed by atoms with E-state index in [2.05, 4.69) is 10.3 Å². The van der Waals surface area contributed by atoms with Crippen LogP contribution < -0.4 is 10.1 Å². The maximum Gasteiger partial charge on any atom is 0.256 e. The molecular weight excluding hydrogens is 256 g/mol. The minimum absolute atomic E-state index is 0.0968. The fourth-order valence-corrected chi connectivity index (χ4v) is 2.15. The highest BCUT2D eigenvalue weighted by Crippen LogP contribution is 2.42. The van der Waals surface area contributed by atoms with Gasteiger partial charge >= 0.3 is 0 Å². The van der Waals surface area contributed by atoms with Crippen molar-refractivity contribution in [2.24, 2.45) is 5.92 Å². The smallest absolute Gasteiger partial charge is 0.256 e. The molecule has 0 aliphatic heterocycles. The zero-order valence-electron chi connectivity index (χ0n) is 12.3. The van der Waals surface area contributed by atoms with Gasteiger partial charge in [0.05, 0.1) is 19.0 Å². The van der Waals surface area contributed by atoms with Crippen molar-refractivity contribution < 1.29 is 14.3 Å². The Kier molecular flexibility index (Phi) is 4.60. The number of methoxy groups -OCH3 is 1. The summed E-state index contributed by atoms with van der Waals surface area (Å²) in [6.07, 6.45) is 4.59. The number of hydrogen-bond donors (Lipinski definition) is 1. The summed E-state index contributed by atoms with van der Waals surface area (Å²) in [5, 5.41) is 2.88. The Morgan fingerprint density at radius 1 is 1.50 bits per heavy atom. The van der Waals surface area contributed by atoms with Crippen molar-refractivity contribution in [3.05, 3.63) is 18.3 Å². The number of anilines is 1. The minimum atomic E-state index is -0.740. The minimum Gasteiger partial charge on any atom is -0.481 e. The third kappa shape index (κ3) is 3.28. The molecule has 1 amide bonds. The van der Waals surface area contributed by atoms with E-state index in [-0.39, 0.29) is 5.91 Å². The Morgan fingerprint density at radius 3 is 2.75 bits per heavy atom. The quantitative estimate of drug-likeness (QED) is 0.833. The molecule has 1 aromatic rings. The predicted molar refractivity (Wildman–Crippen MR) is 76.8 cm³/mol. The first-order valence-corrected chi connectivity index (χ1v) is 7.05. The van der Waals surface area contributed by atoms with E-state index in [9.17, 15) is 4.79 Å². The van der Waals surface area contributed by atoms with Gasteiger partial charge in [-0.25, -0.2) is 4.98 Å². The molecule has 0 unspecified atom stereocenters. The van der Waals surface area contributed by atoms with E-state index in [1.165, 1.54) is 0 Å². The molecule has 0 saturated heterocycles. The summed E-state index contributed by atoms with van der Waals surface area (Å²) in [7, 11) is 1.56. The molecule has 0 radical (unpaired) electrons. The van der Waals surface area contributed by atoms with Crippen molar-refractivity contribution in [3.8, 4) is 5.88 Å². The van der Waals surface area contributed by atoms with Gasteiger partial charge in [0.1, 0.15) is 5.60 Å². The maximum atomic E-state index is 12.5. The summed E-state index contributed by atoms with van der Waals surface area (Å²) in [4.78, 5) is 16.6. The van der Waals surface area contributed by atoms with Crippen LogP contribution in [0.15, 0.2) is 18.3 Å².